The number of carbonyl (C=O) groups is 1. The highest BCUT2D eigenvalue weighted by atomic mass is 79.9. The van der Waals surface area contributed by atoms with Crippen LogP contribution in [0, 0.1) is 5.82 Å². The minimum atomic E-state index is -4.18. The SMILES string of the molecule is CCCCN(CC(N)=O)S(=O)(=O)c1cc(N)c(Br)cc1F. The van der Waals surface area contributed by atoms with Gasteiger partial charge in [0.1, 0.15) is 10.7 Å². The van der Waals surface area contributed by atoms with Crippen molar-refractivity contribution in [1.29, 1.82) is 0 Å². The molecule has 0 spiro atoms. The number of benzene rings is 1. The number of hydrogen-bond donors (Lipinski definition) is 2. The predicted octanol–water partition coefficient (Wildman–Crippen LogP) is 1.45. The fourth-order valence-corrected chi connectivity index (χ4v) is 3.52. The quantitative estimate of drug-likeness (QED) is 0.696. The Bertz CT molecular complexity index is 637. The minimum absolute atomic E-state index is 0.0805. The topological polar surface area (TPSA) is 106 Å². The summed E-state index contributed by atoms with van der Waals surface area (Å²) in [7, 11) is -4.18. The first-order chi connectivity index (χ1) is 9.70. The molecule has 0 aliphatic rings. The third kappa shape index (κ3) is 4.39. The van der Waals surface area contributed by atoms with E-state index in [0.29, 0.717) is 6.42 Å². The lowest BCUT2D eigenvalue weighted by Crippen LogP contribution is -2.39. The number of amides is 1. The number of rotatable bonds is 7. The van der Waals surface area contributed by atoms with Gasteiger partial charge >= 0.3 is 0 Å². The van der Waals surface area contributed by atoms with Crippen LogP contribution in [0.1, 0.15) is 19.8 Å². The normalized spacial score (nSPS) is 11.8. The van der Waals surface area contributed by atoms with Crippen LogP contribution in [-0.4, -0.2) is 31.7 Å². The van der Waals surface area contributed by atoms with E-state index in [1.54, 1.807) is 0 Å². The lowest BCUT2D eigenvalue weighted by molar-refractivity contribution is -0.118. The van der Waals surface area contributed by atoms with Gasteiger partial charge in [-0.25, -0.2) is 12.8 Å². The molecule has 0 saturated heterocycles. The Balaban J connectivity index is 3.27. The number of sulfonamides is 1. The van der Waals surface area contributed by atoms with Crippen LogP contribution in [0.15, 0.2) is 21.5 Å². The lowest BCUT2D eigenvalue weighted by Gasteiger charge is -2.21. The Hall–Kier alpha value is -1.19. The van der Waals surface area contributed by atoms with Gasteiger partial charge < -0.3 is 11.5 Å². The Morgan fingerprint density at radius 3 is 2.57 bits per heavy atom. The van der Waals surface area contributed by atoms with Crippen LogP contribution in [0.3, 0.4) is 0 Å². The molecule has 0 heterocycles. The number of hydrogen-bond acceptors (Lipinski definition) is 4. The summed E-state index contributed by atoms with van der Waals surface area (Å²) in [6.45, 7) is 1.45. The maximum Gasteiger partial charge on any atom is 0.246 e. The van der Waals surface area contributed by atoms with Crippen molar-refractivity contribution in [2.75, 3.05) is 18.8 Å². The summed E-state index contributed by atoms with van der Waals surface area (Å²) >= 11 is 3.02. The molecule has 0 unspecified atom stereocenters. The van der Waals surface area contributed by atoms with E-state index in [1.165, 1.54) is 0 Å². The number of unbranched alkanes of at least 4 members (excludes halogenated alkanes) is 1. The van der Waals surface area contributed by atoms with E-state index in [9.17, 15) is 17.6 Å². The molecule has 0 aromatic heterocycles. The van der Waals surface area contributed by atoms with E-state index in [0.717, 1.165) is 22.9 Å². The minimum Gasteiger partial charge on any atom is -0.398 e. The fourth-order valence-electron chi connectivity index (χ4n) is 1.67. The van der Waals surface area contributed by atoms with E-state index >= 15 is 0 Å². The number of anilines is 1. The first kappa shape index (κ1) is 17.9. The molecule has 1 aromatic carbocycles. The maximum absolute atomic E-state index is 13.9. The lowest BCUT2D eigenvalue weighted by atomic mass is 10.3. The molecule has 6 nitrogen and oxygen atoms in total. The maximum atomic E-state index is 13.9. The second-order valence-corrected chi connectivity index (χ2v) is 7.22. The monoisotopic (exact) mass is 381 g/mol. The molecule has 1 aromatic rings. The number of nitrogens with two attached hydrogens (primary N) is 2. The molecular formula is C12H17BrFN3O3S. The van der Waals surface area contributed by atoms with Crippen LogP contribution < -0.4 is 11.5 Å². The first-order valence-electron chi connectivity index (χ1n) is 6.23. The van der Waals surface area contributed by atoms with E-state index in [2.05, 4.69) is 15.9 Å². The summed E-state index contributed by atoms with van der Waals surface area (Å²) in [5.41, 5.74) is 10.7. The Morgan fingerprint density at radius 1 is 1.43 bits per heavy atom. The predicted molar refractivity (Wildman–Crippen MR) is 81.4 cm³/mol. The highest BCUT2D eigenvalue weighted by molar-refractivity contribution is 9.10. The van der Waals surface area contributed by atoms with Crippen molar-refractivity contribution in [3.8, 4) is 0 Å². The summed E-state index contributed by atoms with van der Waals surface area (Å²) in [5, 5.41) is 0. The Morgan fingerprint density at radius 2 is 2.05 bits per heavy atom. The van der Waals surface area contributed by atoms with Crippen LogP contribution in [0.25, 0.3) is 0 Å². The number of nitrogen functional groups attached to an aromatic ring is 1. The van der Waals surface area contributed by atoms with E-state index in [-0.39, 0.29) is 16.7 Å². The van der Waals surface area contributed by atoms with Crippen molar-refractivity contribution >= 4 is 37.5 Å². The van der Waals surface area contributed by atoms with Gasteiger partial charge in [-0.05, 0) is 34.5 Å². The van der Waals surface area contributed by atoms with E-state index in [4.69, 9.17) is 11.5 Å². The molecule has 4 N–H and O–H groups in total. The van der Waals surface area contributed by atoms with Gasteiger partial charge in [-0.1, -0.05) is 13.3 Å². The average Bonchev–Trinajstić information content (AvgIpc) is 2.38. The smallest absolute Gasteiger partial charge is 0.246 e. The van der Waals surface area contributed by atoms with Gasteiger partial charge in [0.05, 0.1) is 6.54 Å². The zero-order valence-corrected chi connectivity index (χ0v) is 13.9. The number of nitrogens with zero attached hydrogens (tertiary/aromatic N) is 1. The average molecular weight is 382 g/mol. The zero-order chi connectivity index (χ0) is 16.2. The van der Waals surface area contributed by atoms with Gasteiger partial charge in [-0.2, -0.15) is 4.31 Å². The molecule has 118 valence electrons. The summed E-state index contributed by atoms with van der Waals surface area (Å²) < 4.78 is 40.0. The van der Waals surface area contributed by atoms with Crippen molar-refractivity contribution < 1.29 is 17.6 Å². The molecular weight excluding hydrogens is 365 g/mol. The summed E-state index contributed by atoms with van der Waals surface area (Å²) in [4.78, 5) is 10.5. The van der Waals surface area contributed by atoms with Crippen LogP contribution >= 0.6 is 15.9 Å². The van der Waals surface area contributed by atoms with Crippen molar-refractivity contribution in [3.05, 3.63) is 22.4 Å². The number of halogens is 2. The largest absolute Gasteiger partial charge is 0.398 e. The van der Waals surface area contributed by atoms with Crippen LogP contribution in [0.2, 0.25) is 0 Å². The summed E-state index contributed by atoms with van der Waals surface area (Å²) in [5.74, 6) is -1.75. The molecule has 0 saturated carbocycles. The molecule has 0 fully saturated rings. The van der Waals surface area contributed by atoms with Crippen LogP contribution in [0.5, 0.6) is 0 Å². The zero-order valence-electron chi connectivity index (χ0n) is 11.5. The van der Waals surface area contributed by atoms with Crippen molar-refractivity contribution in [2.24, 2.45) is 5.73 Å². The molecule has 21 heavy (non-hydrogen) atoms. The van der Waals surface area contributed by atoms with E-state index < -0.39 is 33.2 Å². The van der Waals surface area contributed by atoms with Gasteiger partial charge in [0, 0.05) is 16.7 Å². The van der Waals surface area contributed by atoms with Gasteiger partial charge in [0.15, 0.2) is 0 Å². The van der Waals surface area contributed by atoms with Crippen LogP contribution in [-0.2, 0) is 14.8 Å². The summed E-state index contributed by atoms with van der Waals surface area (Å²) in [6, 6.07) is 2.00. The van der Waals surface area contributed by atoms with Crippen LogP contribution in [0.4, 0.5) is 10.1 Å². The highest BCUT2D eigenvalue weighted by Gasteiger charge is 2.29. The molecule has 9 heteroatoms. The fraction of sp³-hybridized carbons (Fsp3) is 0.417. The van der Waals surface area contributed by atoms with Gasteiger partial charge in [-0.3, -0.25) is 4.79 Å². The molecule has 1 rings (SSSR count). The van der Waals surface area contributed by atoms with Gasteiger partial charge in [0.2, 0.25) is 15.9 Å². The van der Waals surface area contributed by atoms with Gasteiger partial charge in [-0.15, -0.1) is 0 Å². The highest BCUT2D eigenvalue weighted by Crippen LogP contribution is 2.28. The second-order valence-electron chi connectivity index (χ2n) is 4.46. The number of carbonyl (C=O) groups excluding carboxylic acids is 1. The van der Waals surface area contributed by atoms with Crippen molar-refractivity contribution in [3.63, 3.8) is 0 Å². The second kappa shape index (κ2) is 7.19. The van der Waals surface area contributed by atoms with Gasteiger partial charge in [0.25, 0.3) is 0 Å². The summed E-state index contributed by atoms with van der Waals surface area (Å²) in [6.07, 6.45) is 1.25. The molecule has 0 aliphatic carbocycles. The Labute approximate surface area is 131 Å². The molecule has 0 bridgehead atoms. The standard InChI is InChI=1S/C12H17BrFN3O3S/c1-2-3-4-17(7-12(16)18)21(19,20)11-6-10(15)8(13)5-9(11)14/h5-6H,2-4,7,15H2,1H3,(H2,16,18). The molecule has 0 atom stereocenters. The van der Waals surface area contributed by atoms with E-state index in [1.807, 2.05) is 6.92 Å². The molecule has 0 radical (unpaired) electrons. The third-order valence-electron chi connectivity index (χ3n) is 2.76. The molecule has 0 aliphatic heterocycles. The van der Waals surface area contributed by atoms with Crippen molar-refractivity contribution in [2.45, 2.75) is 24.7 Å². The first-order valence-corrected chi connectivity index (χ1v) is 8.46. The number of primary amides is 1. The Kier molecular flexibility index (Phi) is 6.11. The van der Waals surface area contributed by atoms with Crippen molar-refractivity contribution in [1.82, 2.24) is 4.31 Å². The third-order valence-corrected chi connectivity index (χ3v) is 5.31. The molecule has 1 amide bonds.